The zero-order valence-electron chi connectivity index (χ0n) is 11.1. The van der Waals surface area contributed by atoms with Crippen LogP contribution in [0.2, 0.25) is 0 Å². The van der Waals surface area contributed by atoms with Crippen LogP contribution in [0.4, 0.5) is 17.6 Å². The van der Waals surface area contributed by atoms with Crippen molar-refractivity contribution in [3.8, 4) is 0 Å². The molecule has 0 aliphatic carbocycles. The van der Waals surface area contributed by atoms with E-state index in [4.69, 9.17) is 4.74 Å². The molecule has 1 aliphatic heterocycles. The van der Waals surface area contributed by atoms with Crippen molar-refractivity contribution >= 4 is 9.73 Å². The molecule has 1 heterocycles. The van der Waals surface area contributed by atoms with E-state index in [1.807, 2.05) is 0 Å². The highest BCUT2D eigenvalue weighted by molar-refractivity contribution is 7.94. The highest BCUT2D eigenvalue weighted by atomic mass is 32.2. The van der Waals surface area contributed by atoms with E-state index in [-0.39, 0.29) is 12.6 Å². The molecule has 1 aliphatic rings. The fourth-order valence-corrected chi connectivity index (χ4v) is 3.53. The van der Waals surface area contributed by atoms with E-state index in [9.17, 15) is 21.8 Å². The van der Waals surface area contributed by atoms with E-state index in [0.29, 0.717) is 13.0 Å². The van der Waals surface area contributed by atoms with E-state index in [1.54, 1.807) is 0 Å². The van der Waals surface area contributed by atoms with E-state index in [1.165, 1.54) is 0 Å². The molecule has 8 heteroatoms. The first kappa shape index (κ1) is 16.2. The monoisotopic (exact) mass is 325 g/mol. The van der Waals surface area contributed by atoms with Gasteiger partial charge in [-0.15, -0.1) is 0 Å². The normalized spacial score (nSPS) is 22.0. The van der Waals surface area contributed by atoms with Crippen molar-refractivity contribution in [3.05, 3.63) is 30.1 Å². The Hall–Kier alpha value is -1.15. The lowest BCUT2D eigenvalue weighted by Gasteiger charge is -2.14. The van der Waals surface area contributed by atoms with Gasteiger partial charge in [0.1, 0.15) is 5.82 Å². The van der Waals surface area contributed by atoms with Gasteiger partial charge >= 0.3 is 5.51 Å². The van der Waals surface area contributed by atoms with Gasteiger partial charge in [0.2, 0.25) is 0 Å². The van der Waals surface area contributed by atoms with E-state index in [2.05, 4.69) is 4.36 Å². The van der Waals surface area contributed by atoms with Crippen molar-refractivity contribution in [1.82, 2.24) is 0 Å². The second-order valence-corrected chi connectivity index (χ2v) is 6.95. The number of rotatable bonds is 4. The average Bonchev–Trinajstić information content (AvgIpc) is 2.91. The highest BCUT2D eigenvalue weighted by Crippen LogP contribution is 2.33. The third kappa shape index (κ3) is 3.74. The van der Waals surface area contributed by atoms with Crippen molar-refractivity contribution in [2.24, 2.45) is 4.36 Å². The number of alkyl halides is 3. The van der Waals surface area contributed by atoms with Gasteiger partial charge in [0.25, 0.3) is 0 Å². The second kappa shape index (κ2) is 6.31. The van der Waals surface area contributed by atoms with Crippen LogP contribution in [0.25, 0.3) is 0 Å². The van der Waals surface area contributed by atoms with E-state index < -0.39 is 26.0 Å². The number of halogens is 4. The smallest absolute Gasteiger partial charge is 0.378 e. The zero-order valence-corrected chi connectivity index (χ0v) is 11.9. The van der Waals surface area contributed by atoms with Crippen molar-refractivity contribution < 1.29 is 26.5 Å². The molecule has 0 saturated carbocycles. The summed E-state index contributed by atoms with van der Waals surface area (Å²) in [7, 11) is -4.59. The second-order valence-electron chi connectivity index (χ2n) is 4.70. The minimum absolute atomic E-state index is 0.126. The first-order valence-corrected chi connectivity index (χ1v) is 8.01. The Labute approximate surface area is 120 Å². The molecule has 0 aromatic heterocycles. The number of hydrogen-bond acceptors (Lipinski definition) is 3. The van der Waals surface area contributed by atoms with Crippen LogP contribution in [0.5, 0.6) is 0 Å². The molecule has 0 bridgehead atoms. The molecule has 0 unspecified atom stereocenters. The van der Waals surface area contributed by atoms with Crippen LogP contribution in [0.3, 0.4) is 0 Å². The van der Waals surface area contributed by atoms with Crippen LogP contribution in [0.15, 0.2) is 33.5 Å². The molecule has 3 nitrogen and oxygen atoms in total. The van der Waals surface area contributed by atoms with Crippen molar-refractivity contribution in [2.45, 2.75) is 35.8 Å². The fourth-order valence-electron chi connectivity index (χ4n) is 2.10. The topological polar surface area (TPSA) is 38.7 Å². The lowest BCUT2D eigenvalue weighted by atomic mass is 10.2. The Morgan fingerprint density at radius 2 is 1.95 bits per heavy atom. The third-order valence-electron chi connectivity index (χ3n) is 3.20. The molecule has 0 radical (unpaired) electrons. The molecule has 2 atom stereocenters. The minimum atomic E-state index is -5.00. The predicted octanol–water partition coefficient (Wildman–Crippen LogP) is 3.74. The van der Waals surface area contributed by atoms with E-state index in [0.717, 1.165) is 37.1 Å². The number of ether oxygens (including phenoxy) is 1. The predicted molar refractivity (Wildman–Crippen MR) is 69.7 cm³/mol. The summed E-state index contributed by atoms with van der Waals surface area (Å²) in [6.45, 7) is 0.387. The van der Waals surface area contributed by atoms with Gasteiger partial charge in [-0.3, -0.25) is 0 Å². The minimum Gasteiger partial charge on any atom is -0.378 e. The molecular weight excluding hydrogens is 310 g/mol. The van der Waals surface area contributed by atoms with Crippen LogP contribution in [-0.4, -0.2) is 29.0 Å². The van der Waals surface area contributed by atoms with Crippen LogP contribution in [0, 0.1) is 5.82 Å². The zero-order chi connectivity index (χ0) is 15.5. The summed E-state index contributed by atoms with van der Waals surface area (Å²) in [6, 6.07) is 3.41. The Kier molecular flexibility index (Phi) is 4.88. The number of benzene rings is 1. The Morgan fingerprint density at radius 1 is 1.29 bits per heavy atom. The first-order valence-electron chi connectivity index (χ1n) is 6.49. The maximum atomic E-state index is 13.1. The van der Waals surface area contributed by atoms with Gasteiger partial charge in [-0.2, -0.15) is 13.2 Å². The Morgan fingerprint density at radius 3 is 2.48 bits per heavy atom. The number of hydrogen-bond donors (Lipinski definition) is 0. The van der Waals surface area contributed by atoms with Crippen molar-refractivity contribution in [1.29, 1.82) is 0 Å². The Bertz CT molecular complexity index is 585. The Balaban J connectivity index is 2.24. The lowest BCUT2D eigenvalue weighted by Crippen LogP contribution is -2.24. The van der Waals surface area contributed by atoms with Crippen LogP contribution < -0.4 is 0 Å². The molecule has 0 N–H and O–H groups in total. The third-order valence-corrected chi connectivity index (χ3v) is 5.28. The van der Waals surface area contributed by atoms with Crippen molar-refractivity contribution in [2.75, 3.05) is 13.2 Å². The fraction of sp³-hybridized carbons (Fsp3) is 0.538. The lowest BCUT2D eigenvalue weighted by molar-refractivity contribution is -0.0404. The molecule has 1 saturated heterocycles. The number of nitrogens with zero attached hydrogens (tertiary/aromatic N) is 1. The summed E-state index contributed by atoms with van der Waals surface area (Å²) >= 11 is 0. The van der Waals surface area contributed by atoms with Crippen LogP contribution in [0.1, 0.15) is 19.3 Å². The van der Waals surface area contributed by atoms with Gasteiger partial charge < -0.3 is 4.74 Å². The quantitative estimate of drug-likeness (QED) is 0.791. The van der Waals surface area contributed by atoms with Gasteiger partial charge in [0.15, 0.2) is 9.73 Å². The standard InChI is InChI=1S/C13H15F4NO2S/c14-10-3-5-12(6-4-10)21(19,13(15,16)17)18-8-7-11-2-1-9-20-11/h3-6,11H,1-2,7-9H2/t11-,21+/m0/s1. The van der Waals surface area contributed by atoms with Gasteiger partial charge in [0, 0.05) is 6.61 Å². The molecule has 21 heavy (non-hydrogen) atoms. The summed E-state index contributed by atoms with van der Waals surface area (Å²) in [6.07, 6.45) is 1.82. The SMILES string of the molecule is O=[S@](=NCC[C@@H]1CCCO1)(c1ccc(F)cc1)C(F)(F)F. The molecular formula is C13H15F4NO2S. The molecule has 118 valence electrons. The summed E-state index contributed by atoms with van der Waals surface area (Å²) < 4.78 is 73.0. The molecule has 1 aromatic carbocycles. The van der Waals surface area contributed by atoms with Gasteiger partial charge in [-0.25, -0.2) is 13.0 Å². The molecule has 0 amide bonds. The average molecular weight is 325 g/mol. The van der Waals surface area contributed by atoms with Crippen LogP contribution >= 0.6 is 0 Å². The molecule has 1 aromatic rings. The van der Waals surface area contributed by atoms with E-state index >= 15 is 0 Å². The molecule has 1 fully saturated rings. The largest absolute Gasteiger partial charge is 0.483 e. The summed E-state index contributed by atoms with van der Waals surface area (Å²) in [4.78, 5) is -0.524. The summed E-state index contributed by atoms with van der Waals surface area (Å²) in [5.74, 6) is -0.693. The first-order chi connectivity index (χ1) is 9.83. The van der Waals surface area contributed by atoms with Gasteiger partial charge in [-0.1, -0.05) is 0 Å². The molecule has 2 rings (SSSR count). The highest BCUT2D eigenvalue weighted by Gasteiger charge is 2.44. The van der Waals surface area contributed by atoms with Crippen molar-refractivity contribution in [3.63, 3.8) is 0 Å². The molecule has 0 spiro atoms. The van der Waals surface area contributed by atoms with Gasteiger partial charge in [0.05, 0.1) is 17.5 Å². The van der Waals surface area contributed by atoms with Gasteiger partial charge in [-0.05, 0) is 43.5 Å². The summed E-state index contributed by atoms with van der Waals surface area (Å²) in [5.41, 5.74) is -5.00. The maximum Gasteiger partial charge on any atom is 0.483 e. The summed E-state index contributed by atoms with van der Waals surface area (Å²) in [5, 5.41) is 0. The maximum absolute atomic E-state index is 13.1. The van der Waals surface area contributed by atoms with Crippen LogP contribution in [-0.2, 0) is 14.5 Å².